The van der Waals surface area contributed by atoms with Crippen LogP contribution in [0.25, 0.3) is 11.1 Å². The van der Waals surface area contributed by atoms with E-state index in [9.17, 15) is 19.5 Å². The van der Waals surface area contributed by atoms with Crippen LogP contribution >= 0.6 is 0 Å². The van der Waals surface area contributed by atoms with Gasteiger partial charge in [-0.1, -0.05) is 61.0 Å². The number of amides is 2. The second kappa shape index (κ2) is 9.71. The van der Waals surface area contributed by atoms with Crippen molar-refractivity contribution in [1.29, 1.82) is 0 Å². The fraction of sp³-hybridized carbons (Fsp3) is 0.370. The number of aliphatic carboxylic acids is 1. The van der Waals surface area contributed by atoms with E-state index in [1.807, 2.05) is 36.4 Å². The first kappa shape index (κ1) is 23.5. The Morgan fingerprint density at radius 1 is 1.15 bits per heavy atom. The molecule has 4 rings (SSSR count). The Bertz CT molecular complexity index is 1070. The minimum Gasteiger partial charge on any atom is -0.481 e. The van der Waals surface area contributed by atoms with Gasteiger partial charge < -0.3 is 20.5 Å². The number of carbonyl (C=O) groups excluding carboxylic acids is 2. The smallest absolute Gasteiger partial charge is 0.407 e. The van der Waals surface area contributed by atoms with Crippen molar-refractivity contribution in [2.24, 2.45) is 5.41 Å². The molecule has 2 aliphatic carbocycles. The van der Waals surface area contributed by atoms with Gasteiger partial charge in [0.2, 0.25) is 5.91 Å². The molecule has 3 unspecified atom stereocenters. The molecule has 0 heterocycles. The van der Waals surface area contributed by atoms with Gasteiger partial charge in [0, 0.05) is 12.0 Å². The van der Waals surface area contributed by atoms with Crippen molar-refractivity contribution in [2.45, 2.75) is 50.6 Å². The van der Waals surface area contributed by atoms with Crippen LogP contribution < -0.4 is 10.6 Å². The lowest BCUT2D eigenvalue weighted by Crippen LogP contribution is -2.53. The number of rotatable bonds is 8. The number of carboxylic acid groups (broad SMARTS) is 1. The molecule has 34 heavy (non-hydrogen) atoms. The van der Waals surface area contributed by atoms with E-state index < -0.39 is 35.5 Å². The summed E-state index contributed by atoms with van der Waals surface area (Å²) < 4.78 is 5.56. The number of alkyl carbamates (subject to hydrolysis) is 1. The molecule has 3 N–H and O–H groups in total. The lowest BCUT2D eigenvalue weighted by atomic mass is 9.84. The Kier molecular flexibility index (Phi) is 6.72. The van der Waals surface area contributed by atoms with Gasteiger partial charge in [0.1, 0.15) is 12.6 Å². The lowest BCUT2D eigenvalue weighted by molar-refractivity contribution is -0.149. The van der Waals surface area contributed by atoms with Crippen LogP contribution in [0.5, 0.6) is 0 Å². The number of carbonyl (C=O) groups is 3. The first-order valence-corrected chi connectivity index (χ1v) is 11.6. The van der Waals surface area contributed by atoms with E-state index in [1.54, 1.807) is 13.0 Å². The number of fused-ring (bicyclic) bond motifs is 3. The van der Waals surface area contributed by atoms with Gasteiger partial charge in [0.05, 0.1) is 5.41 Å². The minimum absolute atomic E-state index is 0.0837. The number of ether oxygens (including phenoxy) is 1. The molecule has 2 amide bonds. The maximum Gasteiger partial charge on any atom is 0.407 e. The molecule has 1 saturated carbocycles. The third-order valence-corrected chi connectivity index (χ3v) is 7.12. The summed E-state index contributed by atoms with van der Waals surface area (Å²) >= 11 is 0. The highest BCUT2D eigenvalue weighted by molar-refractivity contribution is 5.87. The average molecular weight is 463 g/mol. The normalized spacial score (nSPS) is 21.7. The van der Waals surface area contributed by atoms with Gasteiger partial charge in [-0.15, -0.1) is 6.58 Å². The predicted octanol–water partition coefficient (Wildman–Crippen LogP) is 4.23. The fourth-order valence-electron chi connectivity index (χ4n) is 5.11. The molecular weight excluding hydrogens is 432 g/mol. The van der Waals surface area contributed by atoms with Gasteiger partial charge >= 0.3 is 12.1 Å². The molecule has 0 aliphatic heterocycles. The van der Waals surface area contributed by atoms with E-state index in [4.69, 9.17) is 4.74 Å². The molecule has 2 aromatic carbocycles. The third kappa shape index (κ3) is 4.42. The summed E-state index contributed by atoms with van der Waals surface area (Å²) in [4.78, 5) is 37.3. The van der Waals surface area contributed by atoms with Crippen molar-refractivity contribution in [2.75, 3.05) is 6.61 Å². The van der Waals surface area contributed by atoms with E-state index in [0.717, 1.165) is 28.7 Å². The minimum atomic E-state index is -1.02. The summed E-state index contributed by atoms with van der Waals surface area (Å²) in [7, 11) is 0. The summed E-state index contributed by atoms with van der Waals surface area (Å²) in [5.74, 6) is -1.45. The standard InChI is InChI=1S/C27H30N2O5/c1-3-9-22(24(30)29-23-14-8-15-27(23,2)25(31)32)28-26(33)34-16-21-19-12-6-4-10-17(19)18-11-5-7-13-20(18)21/h3-7,10-13,21-23H,1,8-9,14-16H2,2H3,(H,28,33)(H,29,30)(H,31,32). The summed E-state index contributed by atoms with van der Waals surface area (Å²) in [5.41, 5.74) is 3.46. The Balaban J connectivity index is 1.40. The Morgan fingerprint density at radius 2 is 1.76 bits per heavy atom. The van der Waals surface area contributed by atoms with Crippen LogP contribution in [0.3, 0.4) is 0 Å². The van der Waals surface area contributed by atoms with E-state index in [-0.39, 0.29) is 18.9 Å². The van der Waals surface area contributed by atoms with Crippen LogP contribution in [0.2, 0.25) is 0 Å². The van der Waals surface area contributed by atoms with Gasteiger partial charge in [-0.05, 0) is 48.4 Å². The summed E-state index contributed by atoms with van der Waals surface area (Å²) in [6.45, 7) is 5.46. The van der Waals surface area contributed by atoms with Crippen LogP contribution in [0.15, 0.2) is 61.2 Å². The molecule has 0 radical (unpaired) electrons. The van der Waals surface area contributed by atoms with Crippen molar-refractivity contribution in [3.63, 3.8) is 0 Å². The predicted molar refractivity (Wildman–Crippen MR) is 128 cm³/mol. The van der Waals surface area contributed by atoms with E-state index in [1.165, 1.54) is 0 Å². The van der Waals surface area contributed by atoms with Gasteiger partial charge in [-0.25, -0.2) is 4.79 Å². The first-order chi connectivity index (χ1) is 16.3. The molecule has 7 heteroatoms. The quantitative estimate of drug-likeness (QED) is 0.509. The van der Waals surface area contributed by atoms with E-state index in [0.29, 0.717) is 12.8 Å². The van der Waals surface area contributed by atoms with Gasteiger partial charge in [0.15, 0.2) is 0 Å². The molecule has 2 aliphatic rings. The molecule has 7 nitrogen and oxygen atoms in total. The van der Waals surface area contributed by atoms with E-state index >= 15 is 0 Å². The number of carboxylic acids is 1. The van der Waals surface area contributed by atoms with Crippen LogP contribution in [-0.4, -0.2) is 41.8 Å². The number of hydrogen-bond donors (Lipinski definition) is 3. The zero-order valence-corrected chi connectivity index (χ0v) is 19.3. The highest BCUT2D eigenvalue weighted by Crippen LogP contribution is 2.44. The van der Waals surface area contributed by atoms with Crippen LogP contribution in [0.4, 0.5) is 4.79 Å². The average Bonchev–Trinajstić information content (AvgIpc) is 3.36. The first-order valence-electron chi connectivity index (χ1n) is 11.6. The molecule has 0 spiro atoms. The van der Waals surface area contributed by atoms with Gasteiger partial charge in [0.25, 0.3) is 0 Å². The topological polar surface area (TPSA) is 105 Å². The fourth-order valence-corrected chi connectivity index (χ4v) is 5.11. The Morgan fingerprint density at radius 3 is 2.35 bits per heavy atom. The summed E-state index contributed by atoms with van der Waals surface area (Å²) in [6.07, 6.45) is 2.85. The molecule has 0 bridgehead atoms. The lowest BCUT2D eigenvalue weighted by Gasteiger charge is -2.29. The number of hydrogen-bond acceptors (Lipinski definition) is 4. The summed E-state index contributed by atoms with van der Waals surface area (Å²) in [6, 6.07) is 14.7. The van der Waals surface area contributed by atoms with Crippen molar-refractivity contribution >= 4 is 18.0 Å². The van der Waals surface area contributed by atoms with Crippen LogP contribution in [-0.2, 0) is 14.3 Å². The highest BCUT2D eigenvalue weighted by atomic mass is 16.5. The highest BCUT2D eigenvalue weighted by Gasteiger charge is 2.46. The maximum absolute atomic E-state index is 12.9. The maximum atomic E-state index is 12.9. The number of nitrogens with one attached hydrogen (secondary N) is 2. The monoisotopic (exact) mass is 462 g/mol. The third-order valence-electron chi connectivity index (χ3n) is 7.12. The Hall–Kier alpha value is -3.61. The second-order valence-electron chi connectivity index (χ2n) is 9.22. The van der Waals surface area contributed by atoms with Crippen molar-refractivity contribution in [1.82, 2.24) is 10.6 Å². The molecule has 1 fully saturated rings. The van der Waals surface area contributed by atoms with E-state index in [2.05, 4.69) is 29.3 Å². The second-order valence-corrected chi connectivity index (χ2v) is 9.22. The Labute approximate surface area is 199 Å². The molecule has 0 saturated heterocycles. The van der Waals surface area contributed by atoms with Gasteiger partial charge in [-0.2, -0.15) is 0 Å². The zero-order chi connectivity index (χ0) is 24.3. The van der Waals surface area contributed by atoms with Crippen LogP contribution in [0, 0.1) is 5.41 Å². The van der Waals surface area contributed by atoms with Gasteiger partial charge in [-0.3, -0.25) is 9.59 Å². The van der Waals surface area contributed by atoms with Crippen LogP contribution in [0.1, 0.15) is 49.7 Å². The SMILES string of the molecule is C=CCC(NC(=O)OCC1c2ccccc2-c2ccccc21)C(=O)NC1CCCC1(C)C(=O)O. The zero-order valence-electron chi connectivity index (χ0n) is 19.3. The van der Waals surface area contributed by atoms with Crippen molar-refractivity contribution < 1.29 is 24.2 Å². The molecule has 0 aromatic heterocycles. The molecule has 2 aromatic rings. The molecule has 178 valence electrons. The molecule has 3 atom stereocenters. The number of benzene rings is 2. The van der Waals surface area contributed by atoms with Crippen molar-refractivity contribution in [3.8, 4) is 11.1 Å². The van der Waals surface area contributed by atoms with Crippen molar-refractivity contribution in [3.05, 3.63) is 72.3 Å². The molecular formula is C27H30N2O5. The summed E-state index contributed by atoms with van der Waals surface area (Å²) in [5, 5.41) is 15.1. The largest absolute Gasteiger partial charge is 0.481 e.